The second-order valence-corrected chi connectivity index (χ2v) is 9.30. The smallest absolute Gasteiger partial charge is 0.261 e. The number of carbonyl (C=O) groups excluding carboxylic acids is 3. The monoisotopic (exact) mass is 479 g/mol. The Hall–Kier alpha value is -3.39. The minimum absolute atomic E-state index is 0.0860. The van der Waals surface area contributed by atoms with E-state index in [9.17, 15) is 14.4 Å². The average molecular weight is 480 g/mol. The van der Waals surface area contributed by atoms with Crippen molar-refractivity contribution in [3.8, 4) is 0 Å². The molecular weight excluding hydrogens is 450 g/mol. The predicted molar refractivity (Wildman–Crippen MR) is 132 cm³/mol. The molecule has 8 heteroatoms. The zero-order chi connectivity index (χ0) is 23.9. The molecule has 1 atom stereocenters. The van der Waals surface area contributed by atoms with Crippen LogP contribution in [0.1, 0.15) is 59.6 Å². The van der Waals surface area contributed by atoms with Crippen molar-refractivity contribution in [2.45, 2.75) is 51.1 Å². The Morgan fingerprint density at radius 1 is 1.09 bits per heavy atom. The molecule has 4 rings (SSSR count). The molecule has 0 radical (unpaired) electrons. The van der Waals surface area contributed by atoms with Crippen LogP contribution in [0, 0.1) is 0 Å². The SMILES string of the molecule is CCc1ccc(N(C(=O)CNC(=O)c2cccs2)C(C(=O)NC2CCCC2)c2ccco2)cc1. The van der Waals surface area contributed by atoms with Gasteiger partial charge in [0.2, 0.25) is 5.91 Å². The molecule has 2 heterocycles. The van der Waals surface area contributed by atoms with Gasteiger partial charge in [-0.25, -0.2) is 0 Å². The van der Waals surface area contributed by atoms with Gasteiger partial charge in [0.25, 0.3) is 11.8 Å². The van der Waals surface area contributed by atoms with Crippen LogP contribution in [0.2, 0.25) is 0 Å². The average Bonchev–Trinajstić information content (AvgIpc) is 3.64. The zero-order valence-corrected chi connectivity index (χ0v) is 20.0. The van der Waals surface area contributed by atoms with Crippen LogP contribution >= 0.6 is 11.3 Å². The second-order valence-electron chi connectivity index (χ2n) is 8.35. The number of benzene rings is 1. The number of rotatable bonds is 9. The van der Waals surface area contributed by atoms with E-state index in [0.717, 1.165) is 37.7 Å². The van der Waals surface area contributed by atoms with Gasteiger partial charge in [-0.15, -0.1) is 11.3 Å². The minimum atomic E-state index is -0.991. The normalized spacial score (nSPS) is 14.5. The van der Waals surface area contributed by atoms with Gasteiger partial charge in [-0.2, -0.15) is 0 Å². The van der Waals surface area contributed by atoms with Crippen LogP contribution in [0.5, 0.6) is 0 Å². The Labute approximate surface area is 203 Å². The lowest BCUT2D eigenvalue weighted by atomic mass is 10.1. The van der Waals surface area contributed by atoms with E-state index >= 15 is 0 Å². The number of nitrogens with one attached hydrogen (secondary N) is 2. The van der Waals surface area contributed by atoms with Crippen molar-refractivity contribution in [1.29, 1.82) is 0 Å². The summed E-state index contributed by atoms with van der Waals surface area (Å²) in [6.07, 6.45) is 6.35. The van der Waals surface area contributed by atoms with Gasteiger partial charge in [0.05, 0.1) is 17.7 Å². The molecule has 1 unspecified atom stereocenters. The lowest BCUT2D eigenvalue weighted by Gasteiger charge is -2.31. The molecule has 1 aliphatic carbocycles. The Morgan fingerprint density at radius 3 is 2.47 bits per heavy atom. The first-order valence-corrected chi connectivity index (χ1v) is 12.5. The van der Waals surface area contributed by atoms with Crippen molar-refractivity contribution < 1.29 is 18.8 Å². The number of anilines is 1. The van der Waals surface area contributed by atoms with Gasteiger partial charge in [0.1, 0.15) is 5.76 Å². The summed E-state index contributed by atoms with van der Waals surface area (Å²) < 4.78 is 5.62. The molecule has 0 saturated heterocycles. The summed E-state index contributed by atoms with van der Waals surface area (Å²) in [7, 11) is 0. The zero-order valence-electron chi connectivity index (χ0n) is 19.2. The quantitative estimate of drug-likeness (QED) is 0.474. The summed E-state index contributed by atoms with van der Waals surface area (Å²) in [6, 6.07) is 13.5. The fourth-order valence-electron chi connectivity index (χ4n) is 4.24. The third kappa shape index (κ3) is 5.56. The van der Waals surface area contributed by atoms with Crippen molar-refractivity contribution in [2.24, 2.45) is 0 Å². The fraction of sp³-hybridized carbons (Fsp3) is 0.346. The molecular formula is C26H29N3O4S. The van der Waals surface area contributed by atoms with Gasteiger partial charge < -0.3 is 15.1 Å². The Kier molecular flexibility index (Phi) is 7.80. The maximum absolute atomic E-state index is 13.5. The van der Waals surface area contributed by atoms with Crippen molar-refractivity contribution in [3.63, 3.8) is 0 Å². The third-order valence-corrected chi connectivity index (χ3v) is 6.93. The second kappa shape index (κ2) is 11.2. The summed E-state index contributed by atoms with van der Waals surface area (Å²) in [5, 5.41) is 7.60. The van der Waals surface area contributed by atoms with E-state index in [1.165, 1.54) is 22.5 Å². The molecule has 0 bridgehead atoms. The van der Waals surface area contributed by atoms with Crippen LogP contribution < -0.4 is 15.5 Å². The molecule has 2 N–H and O–H groups in total. The standard InChI is InChI=1S/C26H29N3O4S/c1-2-18-11-13-20(14-12-18)29(23(30)17-27-25(31)22-10-6-16-34-22)24(21-9-5-15-33-21)26(32)28-19-7-3-4-8-19/h5-6,9-16,19,24H,2-4,7-8,17H2,1H3,(H,27,31)(H,28,32). The van der Waals surface area contributed by atoms with E-state index in [-0.39, 0.29) is 24.4 Å². The lowest BCUT2D eigenvalue weighted by molar-refractivity contribution is -0.127. The molecule has 34 heavy (non-hydrogen) atoms. The highest BCUT2D eigenvalue weighted by atomic mass is 32.1. The van der Waals surface area contributed by atoms with Gasteiger partial charge in [0.15, 0.2) is 6.04 Å². The first kappa shape index (κ1) is 23.8. The molecule has 1 aliphatic rings. The summed E-state index contributed by atoms with van der Waals surface area (Å²) in [4.78, 5) is 41.5. The van der Waals surface area contributed by atoms with Crippen LogP contribution in [0.4, 0.5) is 5.69 Å². The van der Waals surface area contributed by atoms with E-state index in [0.29, 0.717) is 16.3 Å². The number of aryl methyl sites for hydroxylation is 1. The van der Waals surface area contributed by atoms with E-state index < -0.39 is 11.9 Å². The van der Waals surface area contributed by atoms with Gasteiger partial charge in [-0.3, -0.25) is 19.3 Å². The molecule has 0 aliphatic heterocycles. The first-order valence-electron chi connectivity index (χ1n) is 11.6. The molecule has 0 spiro atoms. The highest BCUT2D eigenvalue weighted by molar-refractivity contribution is 7.12. The number of hydrogen-bond donors (Lipinski definition) is 2. The lowest BCUT2D eigenvalue weighted by Crippen LogP contribution is -2.49. The van der Waals surface area contributed by atoms with E-state index in [2.05, 4.69) is 17.6 Å². The Balaban J connectivity index is 1.63. The third-order valence-electron chi connectivity index (χ3n) is 6.06. The number of carbonyl (C=O) groups is 3. The van der Waals surface area contributed by atoms with Crippen LogP contribution in [-0.2, 0) is 16.0 Å². The minimum Gasteiger partial charge on any atom is -0.467 e. The molecule has 1 aromatic carbocycles. The van der Waals surface area contributed by atoms with E-state index in [4.69, 9.17) is 4.42 Å². The van der Waals surface area contributed by atoms with E-state index in [1.54, 1.807) is 29.6 Å². The summed E-state index contributed by atoms with van der Waals surface area (Å²) in [6.45, 7) is 1.80. The molecule has 7 nitrogen and oxygen atoms in total. The maximum atomic E-state index is 13.5. The predicted octanol–water partition coefficient (Wildman–Crippen LogP) is 4.47. The van der Waals surface area contributed by atoms with E-state index in [1.807, 2.05) is 24.3 Å². The maximum Gasteiger partial charge on any atom is 0.261 e. The molecule has 178 valence electrons. The number of amides is 3. The van der Waals surface area contributed by atoms with Crippen molar-refractivity contribution in [2.75, 3.05) is 11.4 Å². The Bertz CT molecular complexity index is 1090. The van der Waals surface area contributed by atoms with Gasteiger partial charge >= 0.3 is 0 Å². The summed E-state index contributed by atoms with van der Waals surface area (Å²) in [5.41, 5.74) is 1.68. The number of hydrogen-bond acceptors (Lipinski definition) is 5. The number of nitrogens with zero attached hydrogens (tertiary/aromatic N) is 1. The first-order chi connectivity index (χ1) is 16.6. The van der Waals surface area contributed by atoms with Gasteiger partial charge in [-0.05, 0) is 60.5 Å². The van der Waals surface area contributed by atoms with Crippen molar-refractivity contribution >= 4 is 34.7 Å². The summed E-state index contributed by atoms with van der Waals surface area (Å²) >= 11 is 1.30. The highest BCUT2D eigenvalue weighted by Crippen LogP contribution is 2.30. The van der Waals surface area contributed by atoms with Gasteiger partial charge in [-0.1, -0.05) is 38.0 Å². The molecule has 2 aromatic heterocycles. The Morgan fingerprint density at radius 2 is 1.85 bits per heavy atom. The van der Waals surface area contributed by atoms with Crippen molar-refractivity contribution in [3.05, 3.63) is 76.4 Å². The van der Waals surface area contributed by atoms with Crippen molar-refractivity contribution in [1.82, 2.24) is 10.6 Å². The molecule has 3 amide bonds. The molecule has 3 aromatic rings. The topological polar surface area (TPSA) is 91.7 Å². The number of thiophene rings is 1. The highest BCUT2D eigenvalue weighted by Gasteiger charge is 2.36. The summed E-state index contributed by atoms with van der Waals surface area (Å²) in [5.74, 6) is -0.654. The molecule has 1 saturated carbocycles. The van der Waals surface area contributed by atoms with Crippen LogP contribution in [0.3, 0.4) is 0 Å². The van der Waals surface area contributed by atoms with Gasteiger partial charge in [0, 0.05) is 11.7 Å². The van der Waals surface area contributed by atoms with Crippen LogP contribution in [0.25, 0.3) is 0 Å². The molecule has 1 fully saturated rings. The fourth-order valence-corrected chi connectivity index (χ4v) is 4.88. The largest absolute Gasteiger partial charge is 0.467 e. The number of furan rings is 1. The van der Waals surface area contributed by atoms with Crippen LogP contribution in [0.15, 0.2) is 64.6 Å². The van der Waals surface area contributed by atoms with Crippen LogP contribution in [-0.4, -0.2) is 30.3 Å².